The van der Waals surface area contributed by atoms with E-state index in [-0.39, 0.29) is 11.5 Å². The van der Waals surface area contributed by atoms with Crippen LogP contribution in [-0.4, -0.2) is 26.8 Å². The van der Waals surface area contributed by atoms with E-state index in [0.717, 1.165) is 24.1 Å². The van der Waals surface area contributed by atoms with Gasteiger partial charge in [-0.25, -0.2) is 4.79 Å². The highest BCUT2D eigenvalue weighted by molar-refractivity contribution is 6.06. The minimum Gasteiger partial charge on any atom is -0.478 e. The highest BCUT2D eigenvalue weighted by atomic mass is 16.4. The minimum absolute atomic E-state index is 0.152. The Bertz CT molecular complexity index is 804. The second kappa shape index (κ2) is 7.09. The zero-order chi connectivity index (χ0) is 18.0. The molecular formula is C19H23N3O3. The van der Waals surface area contributed by atoms with Gasteiger partial charge in [0.25, 0.3) is 5.91 Å². The second-order valence-electron chi connectivity index (χ2n) is 6.73. The lowest BCUT2D eigenvalue weighted by atomic mass is 9.85. The van der Waals surface area contributed by atoms with E-state index in [0.29, 0.717) is 17.2 Å². The Morgan fingerprint density at radius 2 is 1.96 bits per heavy atom. The van der Waals surface area contributed by atoms with E-state index in [4.69, 9.17) is 5.11 Å². The van der Waals surface area contributed by atoms with Crippen molar-refractivity contribution >= 4 is 17.6 Å². The molecule has 132 valence electrons. The molecule has 3 rings (SSSR count). The van der Waals surface area contributed by atoms with Crippen molar-refractivity contribution in [3.05, 3.63) is 46.8 Å². The number of carbonyl (C=O) groups excluding carboxylic acids is 1. The molecule has 1 aliphatic carbocycles. The van der Waals surface area contributed by atoms with Crippen LogP contribution >= 0.6 is 0 Å². The van der Waals surface area contributed by atoms with Gasteiger partial charge in [0.15, 0.2) is 0 Å². The largest absolute Gasteiger partial charge is 0.478 e. The summed E-state index contributed by atoms with van der Waals surface area (Å²) in [5.74, 6) is -0.929. The standard InChI is InChI=1S/C19H23N3O3/c1-12-8-9-14(19(24)25)10-16(12)20-18(23)15-11-22(2)21-17(15)13-6-4-3-5-7-13/h8-11,13H,3-7H2,1-2H3,(H,20,23)(H,24,25). The van der Waals surface area contributed by atoms with E-state index in [1.54, 1.807) is 16.9 Å². The summed E-state index contributed by atoms with van der Waals surface area (Å²) in [5, 5.41) is 16.5. The van der Waals surface area contributed by atoms with Crippen LogP contribution in [0.2, 0.25) is 0 Å². The Morgan fingerprint density at radius 1 is 1.24 bits per heavy atom. The molecular weight excluding hydrogens is 318 g/mol. The molecule has 0 spiro atoms. The van der Waals surface area contributed by atoms with Gasteiger partial charge >= 0.3 is 5.97 Å². The number of hydrogen-bond acceptors (Lipinski definition) is 3. The van der Waals surface area contributed by atoms with E-state index in [2.05, 4.69) is 10.4 Å². The zero-order valence-corrected chi connectivity index (χ0v) is 14.6. The van der Waals surface area contributed by atoms with Gasteiger partial charge in [-0.05, 0) is 37.5 Å². The molecule has 0 radical (unpaired) electrons. The molecule has 25 heavy (non-hydrogen) atoms. The van der Waals surface area contributed by atoms with Crippen LogP contribution in [0.5, 0.6) is 0 Å². The topological polar surface area (TPSA) is 84.2 Å². The summed E-state index contributed by atoms with van der Waals surface area (Å²) in [6.07, 6.45) is 7.45. The first kappa shape index (κ1) is 17.2. The first-order valence-corrected chi connectivity index (χ1v) is 8.64. The van der Waals surface area contributed by atoms with Crippen LogP contribution in [0.4, 0.5) is 5.69 Å². The molecule has 0 bridgehead atoms. The first-order chi connectivity index (χ1) is 12.0. The maximum atomic E-state index is 12.8. The molecule has 1 amide bonds. The van der Waals surface area contributed by atoms with Gasteiger partial charge in [-0.15, -0.1) is 0 Å². The fourth-order valence-electron chi connectivity index (χ4n) is 3.44. The van der Waals surface area contributed by atoms with Crippen LogP contribution in [0.1, 0.15) is 70.0 Å². The number of aromatic nitrogens is 2. The number of aromatic carboxylic acids is 1. The van der Waals surface area contributed by atoms with E-state index in [9.17, 15) is 9.59 Å². The monoisotopic (exact) mass is 341 g/mol. The number of nitrogens with zero attached hydrogens (tertiary/aromatic N) is 2. The molecule has 2 N–H and O–H groups in total. The van der Waals surface area contributed by atoms with Crippen molar-refractivity contribution in [3.8, 4) is 0 Å². The van der Waals surface area contributed by atoms with Crippen LogP contribution in [0.3, 0.4) is 0 Å². The van der Waals surface area contributed by atoms with Crippen molar-refractivity contribution < 1.29 is 14.7 Å². The van der Waals surface area contributed by atoms with Crippen molar-refractivity contribution in [2.24, 2.45) is 7.05 Å². The SMILES string of the molecule is Cc1ccc(C(=O)O)cc1NC(=O)c1cn(C)nc1C1CCCCC1. The zero-order valence-electron chi connectivity index (χ0n) is 14.6. The fourth-order valence-corrected chi connectivity index (χ4v) is 3.44. The number of carboxylic acid groups (broad SMARTS) is 1. The minimum atomic E-state index is -1.01. The third-order valence-electron chi connectivity index (χ3n) is 4.83. The lowest BCUT2D eigenvalue weighted by Crippen LogP contribution is -2.17. The summed E-state index contributed by atoms with van der Waals surface area (Å²) in [7, 11) is 1.82. The average Bonchev–Trinajstić information content (AvgIpc) is 2.99. The van der Waals surface area contributed by atoms with E-state index in [1.165, 1.54) is 31.4 Å². The third kappa shape index (κ3) is 3.73. The number of amides is 1. The van der Waals surface area contributed by atoms with Crippen molar-refractivity contribution in [1.29, 1.82) is 0 Å². The van der Waals surface area contributed by atoms with E-state index < -0.39 is 5.97 Å². The molecule has 0 atom stereocenters. The average molecular weight is 341 g/mol. The number of aryl methyl sites for hydroxylation is 2. The Morgan fingerprint density at radius 3 is 2.64 bits per heavy atom. The maximum absolute atomic E-state index is 12.8. The molecule has 0 saturated heterocycles. The molecule has 6 nitrogen and oxygen atoms in total. The number of carboxylic acids is 1. The van der Waals surface area contributed by atoms with Crippen LogP contribution in [0, 0.1) is 6.92 Å². The van der Waals surface area contributed by atoms with Crippen molar-refractivity contribution in [2.75, 3.05) is 5.32 Å². The van der Waals surface area contributed by atoms with Gasteiger partial charge in [0.05, 0.1) is 16.8 Å². The molecule has 1 heterocycles. The summed E-state index contributed by atoms with van der Waals surface area (Å²) in [6, 6.07) is 4.72. The molecule has 1 fully saturated rings. The van der Waals surface area contributed by atoms with E-state index in [1.807, 2.05) is 14.0 Å². The molecule has 1 aromatic heterocycles. The Labute approximate surface area is 146 Å². The number of hydrogen-bond donors (Lipinski definition) is 2. The summed E-state index contributed by atoms with van der Waals surface area (Å²) in [6.45, 7) is 1.84. The van der Waals surface area contributed by atoms with Crippen molar-refractivity contribution in [2.45, 2.75) is 44.9 Å². The first-order valence-electron chi connectivity index (χ1n) is 8.64. The van der Waals surface area contributed by atoms with Crippen LogP contribution in [0.15, 0.2) is 24.4 Å². The second-order valence-corrected chi connectivity index (χ2v) is 6.73. The third-order valence-corrected chi connectivity index (χ3v) is 4.83. The van der Waals surface area contributed by atoms with Gasteiger partial charge < -0.3 is 10.4 Å². The lowest BCUT2D eigenvalue weighted by molar-refractivity contribution is 0.0696. The molecule has 0 aliphatic heterocycles. The highest BCUT2D eigenvalue weighted by Crippen LogP contribution is 2.33. The predicted octanol–water partition coefficient (Wildman–Crippen LogP) is 3.73. The summed E-state index contributed by atoms with van der Waals surface area (Å²) in [5.41, 5.74) is 2.92. The Balaban J connectivity index is 1.87. The molecule has 1 saturated carbocycles. The molecule has 1 aliphatic rings. The number of nitrogens with one attached hydrogen (secondary N) is 1. The van der Waals surface area contributed by atoms with Gasteiger partial charge in [0, 0.05) is 24.8 Å². The number of carbonyl (C=O) groups is 2. The van der Waals surface area contributed by atoms with Gasteiger partial charge in [0.1, 0.15) is 0 Å². The molecule has 0 unspecified atom stereocenters. The lowest BCUT2D eigenvalue weighted by Gasteiger charge is -2.20. The fraction of sp³-hybridized carbons (Fsp3) is 0.421. The Kier molecular flexibility index (Phi) is 4.88. The number of anilines is 1. The van der Waals surface area contributed by atoms with Gasteiger partial charge in [-0.2, -0.15) is 5.10 Å². The predicted molar refractivity (Wildman–Crippen MR) is 95.1 cm³/mol. The number of rotatable bonds is 4. The number of benzene rings is 1. The van der Waals surface area contributed by atoms with Crippen molar-refractivity contribution in [1.82, 2.24) is 9.78 Å². The summed E-state index contributed by atoms with van der Waals surface area (Å²) in [4.78, 5) is 24.0. The molecule has 6 heteroatoms. The van der Waals surface area contributed by atoms with Crippen molar-refractivity contribution in [3.63, 3.8) is 0 Å². The quantitative estimate of drug-likeness (QED) is 0.887. The van der Waals surface area contributed by atoms with E-state index >= 15 is 0 Å². The normalized spacial score (nSPS) is 15.1. The van der Waals surface area contributed by atoms with Gasteiger partial charge in [-0.1, -0.05) is 25.3 Å². The highest BCUT2D eigenvalue weighted by Gasteiger charge is 2.25. The van der Waals surface area contributed by atoms with Gasteiger partial charge in [0.2, 0.25) is 0 Å². The smallest absolute Gasteiger partial charge is 0.335 e. The van der Waals surface area contributed by atoms with Crippen LogP contribution in [-0.2, 0) is 7.05 Å². The summed E-state index contributed by atoms with van der Waals surface area (Å²) >= 11 is 0. The van der Waals surface area contributed by atoms with Crippen LogP contribution < -0.4 is 5.32 Å². The summed E-state index contributed by atoms with van der Waals surface area (Å²) < 4.78 is 1.68. The molecule has 2 aromatic rings. The Hall–Kier alpha value is -2.63. The maximum Gasteiger partial charge on any atom is 0.335 e. The van der Waals surface area contributed by atoms with Crippen LogP contribution in [0.25, 0.3) is 0 Å². The van der Waals surface area contributed by atoms with Gasteiger partial charge in [-0.3, -0.25) is 9.48 Å². The molecule has 1 aromatic carbocycles.